The highest BCUT2D eigenvalue weighted by Crippen LogP contribution is 2.24. The minimum absolute atomic E-state index is 0.0420. The monoisotopic (exact) mass is 365 g/mol. The standard InChI is InChI=1S/C20H19N3O2S/c1-14-18(17(24)13-12-15-8-4-2-5-9-15)26-20(21-14)23-19(25)22-16-10-6-3-7-11-16/h2-11H,12-13H2,1H3,(H2,21,22,23,25). The molecule has 0 aliphatic carbocycles. The number of urea groups is 1. The molecule has 2 aromatic carbocycles. The van der Waals surface area contributed by atoms with Crippen molar-refractivity contribution in [2.75, 3.05) is 10.6 Å². The molecule has 2 N–H and O–H groups in total. The zero-order valence-corrected chi connectivity index (χ0v) is 15.2. The molecule has 0 fully saturated rings. The third-order valence-corrected chi connectivity index (χ3v) is 4.90. The van der Waals surface area contributed by atoms with Crippen LogP contribution in [0.4, 0.5) is 15.6 Å². The lowest BCUT2D eigenvalue weighted by Crippen LogP contribution is -2.19. The Balaban J connectivity index is 1.59. The second kappa shape index (κ2) is 8.40. The number of carbonyl (C=O) groups is 2. The lowest BCUT2D eigenvalue weighted by Gasteiger charge is -2.04. The summed E-state index contributed by atoms with van der Waals surface area (Å²) in [6.45, 7) is 1.78. The number of nitrogens with zero attached hydrogens (tertiary/aromatic N) is 1. The van der Waals surface area contributed by atoms with E-state index < -0.39 is 0 Å². The van der Waals surface area contributed by atoms with Gasteiger partial charge >= 0.3 is 6.03 Å². The summed E-state index contributed by atoms with van der Waals surface area (Å²) in [6, 6.07) is 18.7. The number of hydrogen-bond donors (Lipinski definition) is 2. The SMILES string of the molecule is Cc1nc(NC(=O)Nc2ccccc2)sc1C(=O)CCc1ccccc1. The lowest BCUT2D eigenvalue weighted by molar-refractivity contribution is 0.0986. The normalized spacial score (nSPS) is 10.3. The highest BCUT2D eigenvalue weighted by atomic mass is 32.1. The summed E-state index contributed by atoms with van der Waals surface area (Å²) in [5.41, 5.74) is 2.46. The lowest BCUT2D eigenvalue weighted by atomic mass is 10.1. The van der Waals surface area contributed by atoms with Gasteiger partial charge in [0.2, 0.25) is 0 Å². The van der Waals surface area contributed by atoms with E-state index in [1.807, 2.05) is 48.5 Å². The number of rotatable bonds is 6. The molecule has 1 heterocycles. The van der Waals surface area contributed by atoms with E-state index in [1.54, 1.807) is 19.1 Å². The molecular formula is C20H19N3O2S. The van der Waals surface area contributed by atoms with Crippen LogP contribution in [0.5, 0.6) is 0 Å². The van der Waals surface area contributed by atoms with E-state index in [1.165, 1.54) is 11.3 Å². The van der Waals surface area contributed by atoms with Gasteiger partial charge in [0.1, 0.15) is 0 Å². The first-order valence-electron chi connectivity index (χ1n) is 8.29. The molecule has 0 unspecified atom stereocenters. The Labute approximate surface area is 156 Å². The second-order valence-corrected chi connectivity index (χ2v) is 6.79. The fourth-order valence-electron chi connectivity index (χ4n) is 2.51. The van der Waals surface area contributed by atoms with Crippen molar-refractivity contribution >= 4 is 34.0 Å². The van der Waals surface area contributed by atoms with Crippen LogP contribution in [0.2, 0.25) is 0 Å². The van der Waals surface area contributed by atoms with Crippen LogP contribution in [0.25, 0.3) is 0 Å². The molecule has 3 rings (SSSR count). The van der Waals surface area contributed by atoms with Gasteiger partial charge in [0.25, 0.3) is 0 Å². The molecule has 0 aliphatic rings. The minimum Gasteiger partial charge on any atom is -0.308 e. The first kappa shape index (κ1) is 17.8. The van der Waals surface area contributed by atoms with Crippen molar-refractivity contribution < 1.29 is 9.59 Å². The highest BCUT2D eigenvalue weighted by Gasteiger charge is 2.16. The number of aryl methyl sites for hydroxylation is 2. The van der Waals surface area contributed by atoms with Crippen molar-refractivity contribution in [3.63, 3.8) is 0 Å². The molecule has 26 heavy (non-hydrogen) atoms. The maximum atomic E-state index is 12.5. The number of carbonyl (C=O) groups excluding carboxylic acids is 2. The van der Waals surface area contributed by atoms with Gasteiger partial charge in [-0.3, -0.25) is 10.1 Å². The number of anilines is 2. The van der Waals surface area contributed by atoms with Gasteiger partial charge in [0.05, 0.1) is 10.6 Å². The number of nitrogens with one attached hydrogen (secondary N) is 2. The number of para-hydroxylation sites is 1. The first-order chi connectivity index (χ1) is 12.6. The number of hydrogen-bond acceptors (Lipinski definition) is 4. The quantitative estimate of drug-likeness (QED) is 0.610. The van der Waals surface area contributed by atoms with Gasteiger partial charge in [-0.15, -0.1) is 0 Å². The van der Waals surface area contributed by atoms with E-state index in [0.29, 0.717) is 34.2 Å². The Hall–Kier alpha value is -2.99. The molecule has 0 atom stereocenters. The van der Waals surface area contributed by atoms with Crippen LogP contribution in [0.1, 0.15) is 27.3 Å². The summed E-state index contributed by atoms with van der Waals surface area (Å²) in [7, 11) is 0. The van der Waals surface area contributed by atoms with E-state index in [4.69, 9.17) is 0 Å². The minimum atomic E-state index is -0.381. The number of thiazole rings is 1. The summed E-state index contributed by atoms with van der Waals surface area (Å²) in [6.07, 6.45) is 1.11. The molecule has 5 nitrogen and oxygen atoms in total. The van der Waals surface area contributed by atoms with Crippen LogP contribution < -0.4 is 10.6 Å². The molecule has 0 spiro atoms. The highest BCUT2D eigenvalue weighted by molar-refractivity contribution is 7.17. The molecule has 1 aromatic heterocycles. The number of aromatic nitrogens is 1. The van der Waals surface area contributed by atoms with Crippen LogP contribution >= 0.6 is 11.3 Å². The van der Waals surface area contributed by atoms with Gasteiger partial charge in [-0.25, -0.2) is 9.78 Å². The molecule has 0 saturated heterocycles. The smallest absolute Gasteiger partial charge is 0.308 e. The Morgan fingerprint density at radius 2 is 1.62 bits per heavy atom. The van der Waals surface area contributed by atoms with Crippen molar-refractivity contribution in [2.24, 2.45) is 0 Å². The number of ketones is 1. The maximum Gasteiger partial charge on any atom is 0.325 e. The van der Waals surface area contributed by atoms with Crippen molar-refractivity contribution in [2.45, 2.75) is 19.8 Å². The van der Waals surface area contributed by atoms with Crippen LogP contribution in [0, 0.1) is 6.92 Å². The van der Waals surface area contributed by atoms with Gasteiger partial charge in [-0.05, 0) is 31.0 Å². The molecule has 2 amide bonds. The molecule has 0 bridgehead atoms. The van der Waals surface area contributed by atoms with Crippen LogP contribution in [-0.2, 0) is 6.42 Å². The number of Topliss-reactive ketones (excluding diaryl/α,β-unsaturated/α-hetero) is 1. The van der Waals surface area contributed by atoms with Crippen molar-refractivity contribution in [3.8, 4) is 0 Å². The molecule has 6 heteroatoms. The van der Waals surface area contributed by atoms with E-state index in [-0.39, 0.29) is 11.8 Å². The van der Waals surface area contributed by atoms with Gasteiger partial charge in [-0.1, -0.05) is 59.9 Å². The van der Waals surface area contributed by atoms with Crippen molar-refractivity contribution in [1.29, 1.82) is 0 Å². The predicted molar refractivity (Wildman–Crippen MR) is 105 cm³/mol. The van der Waals surface area contributed by atoms with Gasteiger partial charge in [0.15, 0.2) is 10.9 Å². The molecule has 132 valence electrons. The predicted octanol–water partition coefficient (Wildman–Crippen LogP) is 4.91. The molecule has 0 aliphatic heterocycles. The fourth-order valence-corrected chi connectivity index (χ4v) is 3.43. The third kappa shape index (κ3) is 4.77. The topological polar surface area (TPSA) is 71.1 Å². The zero-order chi connectivity index (χ0) is 18.4. The first-order valence-corrected chi connectivity index (χ1v) is 9.11. The summed E-state index contributed by atoms with van der Waals surface area (Å²) in [5, 5.41) is 5.83. The second-order valence-electron chi connectivity index (χ2n) is 5.79. The fraction of sp³-hybridized carbons (Fsp3) is 0.150. The van der Waals surface area contributed by atoms with E-state index >= 15 is 0 Å². The van der Waals surface area contributed by atoms with Gasteiger partial charge in [0, 0.05) is 12.1 Å². The van der Waals surface area contributed by atoms with Crippen LogP contribution in [-0.4, -0.2) is 16.8 Å². The Morgan fingerprint density at radius 1 is 0.962 bits per heavy atom. The number of amides is 2. The average Bonchev–Trinajstić information content (AvgIpc) is 3.01. The zero-order valence-electron chi connectivity index (χ0n) is 14.4. The molecular weight excluding hydrogens is 346 g/mol. The van der Waals surface area contributed by atoms with Crippen LogP contribution in [0.15, 0.2) is 60.7 Å². The third-order valence-electron chi connectivity index (χ3n) is 3.79. The Bertz CT molecular complexity index is 892. The summed E-state index contributed by atoms with van der Waals surface area (Å²) in [5.74, 6) is 0.0420. The Morgan fingerprint density at radius 3 is 2.31 bits per heavy atom. The summed E-state index contributed by atoms with van der Waals surface area (Å²) < 4.78 is 0. The van der Waals surface area contributed by atoms with E-state index in [2.05, 4.69) is 15.6 Å². The summed E-state index contributed by atoms with van der Waals surface area (Å²) >= 11 is 1.21. The number of benzene rings is 2. The van der Waals surface area contributed by atoms with E-state index in [0.717, 1.165) is 5.56 Å². The van der Waals surface area contributed by atoms with Gasteiger partial charge in [-0.2, -0.15) is 0 Å². The molecule has 0 radical (unpaired) electrons. The van der Waals surface area contributed by atoms with Crippen molar-refractivity contribution in [3.05, 3.63) is 76.8 Å². The molecule has 3 aromatic rings. The van der Waals surface area contributed by atoms with Crippen LogP contribution in [0.3, 0.4) is 0 Å². The largest absolute Gasteiger partial charge is 0.325 e. The summed E-state index contributed by atoms with van der Waals surface area (Å²) in [4.78, 5) is 29.4. The maximum absolute atomic E-state index is 12.5. The van der Waals surface area contributed by atoms with Crippen molar-refractivity contribution in [1.82, 2.24) is 4.98 Å². The van der Waals surface area contributed by atoms with Gasteiger partial charge < -0.3 is 5.32 Å². The Kier molecular flexibility index (Phi) is 5.76. The average molecular weight is 365 g/mol. The van der Waals surface area contributed by atoms with E-state index in [9.17, 15) is 9.59 Å². The molecule has 0 saturated carbocycles.